The summed E-state index contributed by atoms with van der Waals surface area (Å²) in [5.41, 5.74) is 5.78. The second-order valence-corrected chi connectivity index (χ2v) is 4.64. The van der Waals surface area contributed by atoms with E-state index in [-0.39, 0.29) is 12.5 Å². The smallest absolute Gasteiger partial charge is 0.303 e. The van der Waals surface area contributed by atoms with Gasteiger partial charge in [-0.05, 0) is 31.4 Å². The van der Waals surface area contributed by atoms with Crippen molar-refractivity contribution in [3.63, 3.8) is 0 Å². The monoisotopic (exact) mass is 239 g/mol. The standard InChI is InChI=1S/C13H18FNO2/c1-13(2,14)10-5-3-4-9(8-10)11(15)6-7-12(16)17/h3-5,8,11H,6-7,15H2,1-2H3,(H,16,17). The molecule has 4 heteroatoms. The Morgan fingerprint density at radius 2 is 2.18 bits per heavy atom. The Morgan fingerprint density at radius 1 is 1.53 bits per heavy atom. The second-order valence-electron chi connectivity index (χ2n) is 4.64. The maximum absolute atomic E-state index is 13.7. The van der Waals surface area contributed by atoms with Crippen molar-refractivity contribution in [2.75, 3.05) is 0 Å². The van der Waals surface area contributed by atoms with Gasteiger partial charge < -0.3 is 10.8 Å². The van der Waals surface area contributed by atoms with Gasteiger partial charge in [0.15, 0.2) is 0 Å². The van der Waals surface area contributed by atoms with Crippen LogP contribution in [0.25, 0.3) is 0 Å². The van der Waals surface area contributed by atoms with Crippen molar-refractivity contribution in [3.05, 3.63) is 35.4 Å². The number of carboxylic acids is 1. The molecule has 0 amide bonds. The lowest BCUT2D eigenvalue weighted by molar-refractivity contribution is -0.137. The van der Waals surface area contributed by atoms with Crippen LogP contribution in [0.4, 0.5) is 4.39 Å². The number of carboxylic acid groups (broad SMARTS) is 1. The lowest BCUT2D eigenvalue weighted by Gasteiger charge is -2.18. The number of alkyl halides is 1. The molecule has 1 unspecified atom stereocenters. The highest BCUT2D eigenvalue weighted by Crippen LogP contribution is 2.27. The minimum atomic E-state index is -1.41. The Hall–Kier alpha value is -1.42. The zero-order chi connectivity index (χ0) is 13.1. The molecule has 0 aromatic heterocycles. The van der Waals surface area contributed by atoms with Gasteiger partial charge in [-0.2, -0.15) is 0 Å². The van der Waals surface area contributed by atoms with E-state index in [2.05, 4.69) is 0 Å². The molecule has 1 aromatic carbocycles. The van der Waals surface area contributed by atoms with Gasteiger partial charge in [0.1, 0.15) is 5.67 Å². The molecule has 1 atom stereocenters. The van der Waals surface area contributed by atoms with E-state index in [1.807, 2.05) is 0 Å². The molecule has 1 rings (SSSR count). The van der Waals surface area contributed by atoms with Gasteiger partial charge in [-0.3, -0.25) is 4.79 Å². The second kappa shape index (κ2) is 5.27. The minimum absolute atomic E-state index is 0.0183. The molecule has 94 valence electrons. The topological polar surface area (TPSA) is 63.3 Å². The highest BCUT2D eigenvalue weighted by molar-refractivity contribution is 5.66. The Kier molecular flexibility index (Phi) is 4.23. The number of halogens is 1. The summed E-state index contributed by atoms with van der Waals surface area (Å²) in [6.45, 7) is 2.96. The van der Waals surface area contributed by atoms with E-state index in [0.717, 1.165) is 5.56 Å². The number of nitrogens with two attached hydrogens (primary N) is 1. The molecule has 0 aliphatic heterocycles. The number of aliphatic carboxylic acids is 1. The maximum Gasteiger partial charge on any atom is 0.303 e. The normalized spacial score (nSPS) is 13.4. The largest absolute Gasteiger partial charge is 0.481 e. The summed E-state index contributed by atoms with van der Waals surface area (Å²) in [6, 6.07) is 6.57. The van der Waals surface area contributed by atoms with E-state index in [4.69, 9.17) is 10.8 Å². The van der Waals surface area contributed by atoms with Gasteiger partial charge in [-0.15, -0.1) is 0 Å². The van der Waals surface area contributed by atoms with Gasteiger partial charge in [0.05, 0.1) is 0 Å². The predicted molar refractivity (Wildman–Crippen MR) is 64.4 cm³/mol. The summed E-state index contributed by atoms with van der Waals surface area (Å²) in [5.74, 6) is -0.873. The first-order valence-electron chi connectivity index (χ1n) is 5.57. The summed E-state index contributed by atoms with van der Waals surface area (Å²) in [7, 11) is 0. The fourth-order valence-corrected chi connectivity index (χ4v) is 1.58. The molecule has 0 heterocycles. The van der Waals surface area contributed by atoms with Crippen LogP contribution in [0.5, 0.6) is 0 Å². The molecule has 0 aliphatic rings. The fraction of sp³-hybridized carbons (Fsp3) is 0.462. The average Bonchev–Trinajstić information content (AvgIpc) is 2.25. The molecule has 3 N–H and O–H groups in total. The molecular weight excluding hydrogens is 221 g/mol. The number of rotatable bonds is 5. The van der Waals surface area contributed by atoms with Crippen molar-refractivity contribution >= 4 is 5.97 Å². The van der Waals surface area contributed by atoms with Crippen molar-refractivity contribution in [1.29, 1.82) is 0 Å². The lowest BCUT2D eigenvalue weighted by atomic mass is 9.94. The summed E-state index contributed by atoms with van der Waals surface area (Å²) in [6.07, 6.45) is 0.371. The number of hydrogen-bond donors (Lipinski definition) is 2. The van der Waals surface area contributed by atoms with Crippen LogP contribution in [-0.2, 0) is 10.5 Å². The highest BCUT2D eigenvalue weighted by atomic mass is 19.1. The van der Waals surface area contributed by atoms with Gasteiger partial charge in [-0.25, -0.2) is 4.39 Å². The van der Waals surface area contributed by atoms with E-state index in [9.17, 15) is 9.18 Å². The number of hydrogen-bond acceptors (Lipinski definition) is 2. The van der Waals surface area contributed by atoms with Crippen LogP contribution in [-0.4, -0.2) is 11.1 Å². The Labute approximate surface area is 100 Å². The van der Waals surface area contributed by atoms with Crippen LogP contribution in [0.3, 0.4) is 0 Å². The lowest BCUT2D eigenvalue weighted by Crippen LogP contribution is -2.15. The molecule has 17 heavy (non-hydrogen) atoms. The molecule has 0 radical (unpaired) electrons. The molecule has 0 bridgehead atoms. The molecule has 0 aliphatic carbocycles. The van der Waals surface area contributed by atoms with Crippen molar-refractivity contribution in [2.24, 2.45) is 5.73 Å². The van der Waals surface area contributed by atoms with Gasteiger partial charge in [0.2, 0.25) is 0 Å². The SMILES string of the molecule is CC(C)(F)c1cccc(C(N)CCC(=O)O)c1. The summed E-state index contributed by atoms with van der Waals surface area (Å²) in [5, 5.41) is 8.58. The van der Waals surface area contributed by atoms with Crippen molar-refractivity contribution in [1.82, 2.24) is 0 Å². The predicted octanol–water partition coefficient (Wildman–Crippen LogP) is 2.76. The number of carbonyl (C=O) groups is 1. The summed E-state index contributed by atoms with van der Waals surface area (Å²) >= 11 is 0. The maximum atomic E-state index is 13.7. The van der Waals surface area contributed by atoms with Crippen LogP contribution in [0, 0.1) is 0 Å². The van der Waals surface area contributed by atoms with Crippen LogP contribution >= 0.6 is 0 Å². The van der Waals surface area contributed by atoms with Gasteiger partial charge >= 0.3 is 5.97 Å². The molecule has 3 nitrogen and oxygen atoms in total. The van der Waals surface area contributed by atoms with Gasteiger partial charge in [0, 0.05) is 12.5 Å². The van der Waals surface area contributed by atoms with E-state index >= 15 is 0 Å². The summed E-state index contributed by atoms with van der Waals surface area (Å²) < 4.78 is 13.7. The molecule has 0 fully saturated rings. The van der Waals surface area contributed by atoms with E-state index < -0.39 is 11.6 Å². The van der Waals surface area contributed by atoms with Crippen LogP contribution in [0.1, 0.15) is 43.9 Å². The average molecular weight is 239 g/mol. The fourth-order valence-electron chi connectivity index (χ4n) is 1.58. The Morgan fingerprint density at radius 3 is 2.71 bits per heavy atom. The van der Waals surface area contributed by atoms with E-state index in [1.165, 1.54) is 13.8 Å². The van der Waals surface area contributed by atoms with Crippen LogP contribution in [0.15, 0.2) is 24.3 Å². The molecular formula is C13H18FNO2. The minimum Gasteiger partial charge on any atom is -0.481 e. The molecule has 0 saturated heterocycles. The van der Waals surface area contributed by atoms with Crippen molar-refractivity contribution in [2.45, 2.75) is 38.4 Å². The highest BCUT2D eigenvalue weighted by Gasteiger charge is 2.19. The first-order valence-corrected chi connectivity index (χ1v) is 5.57. The van der Waals surface area contributed by atoms with Crippen molar-refractivity contribution in [3.8, 4) is 0 Å². The molecule has 1 aromatic rings. The van der Waals surface area contributed by atoms with E-state index in [0.29, 0.717) is 12.0 Å². The van der Waals surface area contributed by atoms with E-state index in [1.54, 1.807) is 24.3 Å². The number of benzene rings is 1. The van der Waals surface area contributed by atoms with Crippen molar-refractivity contribution < 1.29 is 14.3 Å². The van der Waals surface area contributed by atoms with Crippen LogP contribution in [0.2, 0.25) is 0 Å². The van der Waals surface area contributed by atoms with Crippen LogP contribution < -0.4 is 5.73 Å². The molecule has 0 saturated carbocycles. The Balaban J connectivity index is 2.81. The third-order valence-electron chi connectivity index (χ3n) is 2.67. The Bertz CT molecular complexity index is 399. The zero-order valence-corrected chi connectivity index (χ0v) is 10.1. The first kappa shape index (κ1) is 13.6. The third kappa shape index (κ3) is 4.15. The molecule has 0 spiro atoms. The quantitative estimate of drug-likeness (QED) is 0.830. The summed E-state index contributed by atoms with van der Waals surface area (Å²) in [4.78, 5) is 10.4. The third-order valence-corrected chi connectivity index (χ3v) is 2.67. The van der Waals surface area contributed by atoms with Gasteiger partial charge in [0.25, 0.3) is 0 Å². The zero-order valence-electron chi connectivity index (χ0n) is 10.1. The van der Waals surface area contributed by atoms with Gasteiger partial charge in [-0.1, -0.05) is 24.3 Å². The first-order chi connectivity index (χ1) is 7.80.